The normalized spacial score (nSPS) is 45.7. The number of carbonyl (C=O) groups is 2. The van der Waals surface area contributed by atoms with Crippen LogP contribution in [0.15, 0.2) is 0 Å². The standard InChI is InChI=1S/C29H49NO5/c1-5-19-23-16-18(31)10-13-29(23,4)22-11-14-28(3)20(7-8-21(28)26(22)27(19)35)17(2)6-9-24(32)30-15-12-25(33)34/h17-23,26-27,31,35H,5-16H2,1-4H3,(H,30,32)(H,33,34). The minimum absolute atomic E-state index is 0.0357. The summed E-state index contributed by atoms with van der Waals surface area (Å²) in [6.07, 6.45) is 9.31. The van der Waals surface area contributed by atoms with E-state index in [1.54, 1.807) is 0 Å². The van der Waals surface area contributed by atoms with Crippen molar-refractivity contribution < 1.29 is 24.9 Å². The molecule has 4 aliphatic rings. The molecule has 0 aromatic carbocycles. The predicted molar refractivity (Wildman–Crippen MR) is 135 cm³/mol. The summed E-state index contributed by atoms with van der Waals surface area (Å²) < 4.78 is 0. The molecular formula is C29H49NO5. The first-order valence-corrected chi connectivity index (χ1v) is 14.4. The molecule has 11 unspecified atom stereocenters. The van der Waals surface area contributed by atoms with Crippen molar-refractivity contribution >= 4 is 11.9 Å². The van der Waals surface area contributed by atoms with E-state index in [0.717, 1.165) is 32.1 Å². The van der Waals surface area contributed by atoms with E-state index in [1.807, 2.05) is 0 Å². The fourth-order valence-electron chi connectivity index (χ4n) is 9.89. The van der Waals surface area contributed by atoms with Gasteiger partial charge in [-0.3, -0.25) is 9.59 Å². The Hall–Kier alpha value is -1.14. The first kappa shape index (κ1) is 26.9. The molecule has 0 heterocycles. The fraction of sp³-hybridized carbons (Fsp3) is 0.931. The van der Waals surface area contributed by atoms with Crippen molar-refractivity contribution in [3.63, 3.8) is 0 Å². The second-order valence-electron chi connectivity index (χ2n) is 13.1. The number of nitrogens with one attached hydrogen (secondary N) is 1. The van der Waals surface area contributed by atoms with Gasteiger partial charge in [-0.2, -0.15) is 0 Å². The Kier molecular flexibility index (Phi) is 7.93. The van der Waals surface area contributed by atoms with Crippen molar-refractivity contribution in [3.8, 4) is 0 Å². The fourth-order valence-corrected chi connectivity index (χ4v) is 9.89. The number of aliphatic carboxylic acids is 1. The highest BCUT2D eigenvalue weighted by Crippen LogP contribution is 2.69. The highest BCUT2D eigenvalue weighted by molar-refractivity contribution is 5.76. The molecule has 200 valence electrons. The molecule has 0 aliphatic heterocycles. The van der Waals surface area contributed by atoms with Crippen LogP contribution < -0.4 is 5.32 Å². The van der Waals surface area contributed by atoms with Crippen molar-refractivity contribution in [2.45, 2.75) is 111 Å². The highest BCUT2D eigenvalue weighted by atomic mass is 16.4. The third-order valence-electron chi connectivity index (χ3n) is 11.6. The highest BCUT2D eigenvalue weighted by Gasteiger charge is 2.64. The molecule has 11 atom stereocenters. The molecule has 4 rings (SSSR count). The van der Waals surface area contributed by atoms with Gasteiger partial charge < -0.3 is 20.6 Å². The Labute approximate surface area is 211 Å². The van der Waals surface area contributed by atoms with Gasteiger partial charge in [-0.1, -0.05) is 34.1 Å². The van der Waals surface area contributed by atoms with Crippen LogP contribution in [0.2, 0.25) is 0 Å². The monoisotopic (exact) mass is 491 g/mol. The Morgan fingerprint density at radius 2 is 1.66 bits per heavy atom. The van der Waals surface area contributed by atoms with Crippen LogP contribution in [0, 0.1) is 52.3 Å². The van der Waals surface area contributed by atoms with E-state index < -0.39 is 5.97 Å². The summed E-state index contributed by atoms with van der Waals surface area (Å²) in [7, 11) is 0. The number of carbonyl (C=O) groups excluding carboxylic acids is 1. The predicted octanol–water partition coefficient (Wildman–Crippen LogP) is 4.62. The molecule has 0 spiro atoms. The first-order valence-electron chi connectivity index (χ1n) is 14.4. The number of rotatable bonds is 8. The second-order valence-corrected chi connectivity index (χ2v) is 13.1. The van der Waals surface area contributed by atoms with Crippen LogP contribution in [0.1, 0.15) is 98.3 Å². The minimum atomic E-state index is -0.890. The summed E-state index contributed by atoms with van der Waals surface area (Å²) >= 11 is 0. The van der Waals surface area contributed by atoms with E-state index in [2.05, 4.69) is 33.0 Å². The Morgan fingerprint density at radius 1 is 0.971 bits per heavy atom. The number of aliphatic hydroxyl groups excluding tert-OH is 2. The van der Waals surface area contributed by atoms with Crippen LogP contribution in [0.3, 0.4) is 0 Å². The van der Waals surface area contributed by atoms with Gasteiger partial charge in [0.15, 0.2) is 0 Å². The van der Waals surface area contributed by atoms with Crippen molar-refractivity contribution in [1.82, 2.24) is 5.32 Å². The Morgan fingerprint density at radius 3 is 2.34 bits per heavy atom. The quantitative estimate of drug-likeness (QED) is 0.396. The van der Waals surface area contributed by atoms with Crippen LogP contribution in [-0.4, -0.2) is 45.9 Å². The topological polar surface area (TPSA) is 107 Å². The molecule has 0 radical (unpaired) electrons. The molecule has 4 fully saturated rings. The van der Waals surface area contributed by atoms with Crippen LogP contribution in [0.25, 0.3) is 0 Å². The van der Waals surface area contributed by atoms with E-state index >= 15 is 0 Å². The molecule has 0 aromatic heterocycles. The zero-order valence-corrected chi connectivity index (χ0v) is 22.3. The van der Waals surface area contributed by atoms with Gasteiger partial charge in [-0.25, -0.2) is 0 Å². The average molecular weight is 492 g/mol. The van der Waals surface area contributed by atoms with E-state index in [9.17, 15) is 19.8 Å². The van der Waals surface area contributed by atoms with Gasteiger partial charge in [-0.05, 0) is 104 Å². The first-order chi connectivity index (χ1) is 16.5. The van der Waals surface area contributed by atoms with Crippen molar-refractivity contribution in [2.24, 2.45) is 52.3 Å². The minimum Gasteiger partial charge on any atom is -0.481 e. The van der Waals surface area contributed by atoms with E-state index in [1.165, 1.54) is 25.7 Å². The maximum Gasteiger partial charge on any atom is 0.305 e. The number of hydrogen-bond donors (Lipinski definition) is 4. The summed E-state index contributed by atoms with van der Waals surface area (Å²) in [6.45, 7) is 9.67. The number of carboxylic acid groups (broad SMARTS) is 1. The van der Waals surface area contributed by atoms with Gasteiger partial charge in [0, 0.05) is 13.0 Å². The maximum absolute atomic E-state index is 12.2. The van der Waals surface area contributed by atoms with Crippen LogP contribution in [0.4, 0.5) is 0 Å². The number of carboxylic acids is 1. The van der Waals surface area contributed by atoms with Crippen LogP contribution in [0.5, 0.6) is 0 Å². The van der Waals surface area contributed by atoms with Gasteiger partial charge in [0.05, 0.1) is 18.6 Å². The summed E-state index contributed by atoms with van der Waals surface area (Å²) in [5, 5.41) is 33.8. The van der Waals surface area contributed by atoms with Crippen molar-refractivity contribution in [3.05, 3.63) is 0 Å². The average Bonchev–Trinajstić information content (AvgIpc) is 3.16. The number of fused-ring (bicyclic) bond motifs is 5. The van der Waals surface area contributed by atoms with E-state index in [0.29, 0.717) is 41.9 Å². The van der Waals surface area contributed by atoms with E-state index in [-0.39, 0.29) is 47.8 Å². The third kappa shape index (κ3) is 4.79. The van der Waals surface area contributed by atoms with Gasteiger partial charge in [-0.15, -0.1) is 0 Å². The SMILES string of the molecule is CCC1C(O)C2C3CCC(C(C)CCC(=O)NCCC(=O)O)C3(C)CCC2C2(C)CCC(O)CC12. The molecule has 4 N–H and O–H groups in total. The largest absolute Gasteiger partial charge is 0.481 e. The lowest BCUT2D eigenvalue weighted by Crippen LogP contribution is -2.62. The smallest absolute Gasteiger partial charge is 0.305 e. The lowest BCUT2D eigenvalue weighted by Gasteiger charge is -2.64. The van der Waals surface area contributed by atoms with Crippen molar-refractivity contribution in [2.75, 3.05) is 6.54 Å². The molecule has 4 saturated carbocycles. The summed E-state index contributed by atoms with van der Waals surface area (Å²) in [6, 6.07) is 0. The molecule has 4 aliphatic carbocycles. The molecule has 6 heteroatoms. The Bertz CT molecular complexity index is 787. The summed E-state index contributed by atoms with van der Waals surface area (Å²) in [5.74, 6) is 2.20. The van der Waals surface area contributed by atoms with Gasteiger partial charge in [0.2, 0.25) is 5.91 Å². The molecule has 35 heavy (non-hydrogen) atoms. The maximum atomic E-state index is 12.2. The van der Waals surface area contributed by atoms with Crippen LogP contribution in [-0.2, 0) is 9.59 Å². The zero-order valence-electron chi connectivity index (χ0n) is 22.3. The molecule has 1 amide bonds. The number of hydrogen-bond acceptors (Lipinski definition) is 4. The number of amides is 1. The van der Waals surface area contributed by atoms with Gasteiger partial charge in [0.1, 0.15) is 0 Å². The number of aliphatic hydroxyl groups is 2. The zero-order chi connectivity index (χ0) is 25.5. The van der Waals surface area contributed by atoms with E-state index in [4.69, 9.17) is 5.11 Å². The van der Waals surface area contributed by atoms with Crippen molar-refractivity contribution in [1.29, 1.82) is 0 Å². The Balaban J connectivity index is 1.46. The molecule has 0 aromatic rings. The van der Waals surface area contributed by atoms with Crippen LogP contribution >= 0.6 is 0 Å². The second kappa shape index (κ2) is 10.3. The lowest BCUT2D eigenvalue weighted by molar-refractivity contribution is -0.203. The molecule has 0 bridgehead atoms. The summed E-state index contributed by atoms with van der Waals surface area (Å²) in [5.41, 5.74) is 0.430. The van der Waals surface area contributed by atoms with Gasteiger partial charge in [0.25, 0.3) is 0 Å². The lowest BCUT2D eigenvalue weighted by atomic mass is 9.41. The molecule has 6 nitrogen and oxygen atoms in total. The summed E-state index contributed by atoms with van der Waals surface area (Å²) in [4.78, 5) is 22.9. The molecular weight excluding hydrogens is 442 g/mol. The van der Waals surface area contributed by atoms with Gasteiger partial charge >= 0.3 is 5.97 Å². The third-order valence-corrected chi connectivity index (χ3v) is 11.6. The molecule has 0 saturated heterocycles.